The summed E-state index contributed by atoms with van der Waals surface area (Å²) in [6.45, 7) is 0.361. The lowest BCUT2D eigenvalue weighted by molar-refractivity contribution is -0.134. The average molecular weight is 348 g/mol. The Morgan fingerprint density at radius 2 is 2.08 bits per heavy atom. The molecular weight excluding hydrogens is 332 g/mol. The molecule has 0 fully saturated rings. The zero-order valence-electron chi connectivity index (χ0n) is 14.1. The van der Waals surface area contributed by atoms with E-state index >= 15 is 0 Å². The minimum absolute atomic E-state index is 0.179. The third-order valence-electron chi connectivity index (χ3n) is 3.85. The number of allylic oxidation sites excluding steroid dienone is 2. The molecule has 0 bridgehead atoms. The van der Waals surface area contributed by atoms with Crippen molar-refractivity contribution in [1.29, 1.82) is 0 Å². The van der Waals surface area contributed by atoms with E-state index in [4.69, 9.17) is 0 Å². The maximum atomic E-state index is 12.5. The minimum Gasteiger partial charge on any atom is -0.466 e. The molecule has 0 amide bonds. The van der Waals surface area contributed by atoms with Gasteiger partial charge in [-0.2, -0.15) is 0 Å². The van der Waals surface area contributed by atoms with E-state index in [0.29, 0.717) is 12.1 Å². The second-order valence-electron chi connectivity index (χ2n) is 5.61. The fourth-order valence-corrected chi connectivity index (χ4v) is 2.56. The molecule has 1 heterocycles. The van der Waals surface area contributed by atoms with Gasteiger partial charge in [-0.3, -0.25) is 14.6 Å². The Bertz CT molecular complexity index is 944. The van der Waals surface area contributed by atoms with Crippen molar-refractivity contribution in [3.05, 3.63) is 82.8 Å². The van der Waals surface area contributed by atoms with E-state index in [2.05, 4.69) is 15.0 Å². The summed E-state index contributed by atoms with van der Waals surface area (Å²) < 4.78 is 4.56. The third-order valence-corrected chi connectivity index (χ3v) is 3.85. The molecule has 0 aliphatic heterocycles. The van der Waals surface area contributed by atoms with Crippen LogP contribution in [0.2, 0.25) is 0 Å². The Morgan fingerprint density at radius 3 is 2.88 bits per heavy atom. The highest BCUT2D eigenvalue weighted by Crippen LogP contribution is 2.18. The fourth-order valence-electron chi connectivity index (χ4n) is 2.56. The van der Waals surface area contributed by atoms with Crippen LogP contribution in [-0.2, 0) is 16.1 Å². The van der Waals surface area contributed by atoms with Crippen LogP contribution in [0.25, 0.3) is 6.08 Å². The predicted molar refractivity (Wildman–Crippen MR) is 95.3 cm³/mol. The second kappa shape index (κ2) is 7.57. The molecule has 0 atom stereocenters. The van der Waals surface area contributed by atoms with Crippen LogP contribution in [0.15, 0.2) is 60.4 Å². The second-order valence-corrected chi connectivity index (χ2v) is 5.61. The van der Waals surface area contributed by atoms with E-state index in [1.165, 1.54) is 25.5 Å². The number of nitrogens with one attached hydrogen (secondary N) is 1. The van der Waals surface area contributed by atoms with Crippen molar-refractivity contribution in [3.8, 4) is 0 Å². The lowest BCUT2D eigenvalue weighted by atomic mass is 9.97. The molecule has 0 unspecified atom stereocenters. The Hall–Kier alpha value is -3.54. The molecule has 130 valence electrons. The van der Waals surface area contributed by atoms with Crippen molar-refractivity contribution in [3.63, 3.8) is 0 Å². The SMILES string of the molecule is COC(=O)/C=C/c1cccc(CNC2=CC(=O)c3ncccc3C2=O)c1. The number of benzene rings is 1. The quantitative estimate of drug-likeness (QED) is 0.659. The van der Waals surface area contributed by atoms with Gasteiger partial charge in [0.2, 0.25) is 11.6 Å². The third kappa shape index (κ3) is 3.75. The number of carbonyl (C=O) groups is 3. The fraction of sp³-hybridized carbons (Fsp3) is 0.100. The number of esters is 1. The highest BCUT2D eigenvalue weighted by molar-refractivity contribution is 6.23. The first-order chi connectivity index (χ1) is 12.6. The lowest BCUT2D eigenvalue weighted by Gasteiger charge is -2.15. The van der Waals surface area contributed by atoms with Crippen LogP contribution in [-0.4, -0.2) is 29.6 Å². The molecule has 6 nitrogen and oxygen atoms in total. The van der Waals surface area contributed by atoms with Gasteiger partial charge in [0.15, 0.2) is 0 Å². The molecule has 2 aromatic rings. The summed E-state index contributed by atoms with van der Waals surface area (Å²) >= 11 is 0. The highest BCUT2D eigenvalue weighted by Gasteiger charge is 2.26. The van der Waals surface area contributed by atoms with Gasteiger partial charge in [0.25, 0.3) is 0 Å². The molecule has 1 aliphatic carbocycles. The van der Waals surface area contributed by atoms with Gasteiger partial charge in [-0.25, -0.2) is 4.79 Å². The molecule has 0 saturated heterocycles. The van der Waals surface area contributed by atoms with E-state index in [1.807, 2.05) is 24.3 Å². The molecule has 0 spiro atoms. The number of ketones is 2. The van der Waals surface area contributed by atoms with Gasteiger partial charge < -0.3 is 10.1 Å². The Kier molecular flexibility index (Phi) is 5.03. The largest absolute Gasteiger partial charge is 0.466 e. The van der Waals surface area contributed by atoms with Gasteiger partial charge in [-0.1, -0.05) is 18.2 Å². The normalized spacial score (nSPS) is 13.3. The summed E-state index contributed by atoms with van der Waals surface area (Å²) in [5, 5.41) is 3.01. The molecular formula is C20H16N2O4. The summed E-state index contributed by atoms with van der Waals surface area (Å²) in [5.41, 5.74) is 2.45. The summed E-state index contributed by atoms with van der Waals surface area (Å²) in [6.07, 6.45) is 5.75. The van der Waals surface area contributed by atoms with Crippen LogP contribution < -0.4 is 5.32 Å². The zero-order valence-corrected chi connectivity index (χ0v) is 14.1. The topological polar surface area (TPSA) is 85.4 Å². The number of aromatic nitrogens is 1. The van der Waals surface area contributed by atoms with Crippen LogP contribution >= 0.6 is 0 Å². The summed E-state index contributed by atoms with van der Waals surface area (Å²) in [6, 6.07) is 10.7. The van der Waals surface area contributed by atoms with Crippen molar-refractivity contribution >= 4 is 23.6 Å². The van der Waals surface area contributed by atoms with E-state index in [0.717, 1.165) is 11.1 Å². The number of hydrogen-bond donors (Lipinski definition) is 1. The number of rotatable bonds is 5. The van der Waals surface area contributed by atoms with Gasteiger partial charge >= 0.3 is 5.97 Å². The first kappa shape index (κ1) is 17.3. The number of nitrogens with zero attached hydrogens (tertiary/aromatic N) is 1. The van der Waals surface area contributed by atoms with Crippen LogP contribution in [0.4, 0.5) is 0 Å². The Morgan fingerprint density at radius 1 is 1.23 bits per heavy atom. The summed E-state index contributed by atoms with van der Waals surface area (Å²) in [5.74, 6) is -0.982. The molecule has 0 radical (unpaired) electrons. The molecule has 1 aliphatic rings. The van der Waals surface area contributed by atoms with E-state index in [-0.39, 0.29) is 23.0 Å². The zero-order chi connectivity index (χ0) is 18.5. The van der Waals surface area contributed by atoms with Gasteiger partial charge in [-0.15, -0.1) is 0 Å². The van der Waals surface area contributed by atoms with Crippen LogP contribution in [0.1, 0.15) is 32.0 Å². The lowest BCUT2D eigenvalue weighted by Crippen LogP contribution is -2.27. The summed E-state index contributed by atoms with van der Waals surface area (Å²) in [7, 11) is 1.32. The molecule has 1 aromatic carbocycles. The van der Waals surface area contributed by atoms with Gasteiger partial charge in [-0.05, 0) is 35.4 Å². The van der Waals surface area contributed by atoms with E-state index in [9.17, 15) is 14.4 Å². The molecule has 3 rings (SSSR count). The molecule has 0 saturated carbocycles. The van der Waals surface area contributed by atoms with Gasteiger partial charge in [0.05, 0.1) is 18.4 Å². The molecule has 1 N–H and O–H groups in total. The van der Waals surface area contributed by atoms with Crippen LogP contribution in [0.5, 0.6) is 0 Å². The van der Waals surface area contributed by atoms with Gasteiger partial charge in [0.1, 0.15) is 5.69 Å². The number of ether oxygens (including phenoxy) is 1. The van der Waals surface area contributed by atoms with Crippen molar-refractivity contribution in [1.82, 2.24) is 10.3 Å². The first-order valence-electron chi connectivity index (χ1n) is 7.93. The van der Waals surface area contributed by atoms with E-state index < -0.39 is 5.97 Å². The number of fused-ring (bicyclic) bond motifs is 1. The van der Waals surface area contributed by atoms with E-state index in [1.54, 1.807) is 18.2 Å². The van der Waals surface area contributed by atoms with Crippen molar-refractivity contribution < 1.29 is 19.1 Å². The van der Waals surface area contributed by atoms with Crippen molar-refractivity contribution in [2.24, 2.45) is 0 Å². The number of carbonyl (C=O) groups excluding carboxylic acids is 3. The Labute approximate surface area is 150 Å². The van der Waals surface area contributed by atoms with Gasteiger partial charge in [0, 0.05) is 24.9 Å². The van der Waals surface area contributed by atoms with Crippen LogP contribution in [0, 0.1) is 0 Å². The summed E-state index contributed by atoms with van der Waals surface area (Å²) in [4.78, 5) is 39.7. The Balaban J connectivity index is 1.72. The number of hydrogen-bond acceptors (Lipinski definition) is 6. The molecule has 1 aromatic heterocycles. The minimum atomic E-state index is -0.433. The van der Waals surface area contributed by atoms with Crippen molar-refractivity contribution in [2.75, 3.05) is 7.11 Å². The van der Waals surface area contributed by atoms with Crippen molar-refractivity contribution in [2.45, 2.75) is 6.54 Å². The predicted octanol–water partition coefficient (Wildman–Crippen LogP) is 2.32. The first-order valence-corrected chi connectivity index (χ1v) is 7.93. The number of methoxy groups -OCH3 is 1. The maximum absolute atomic E-state index is 12.5. The number of pyridine rings is 1. The average Bonchev–Trinajstić information content (AvgIpc) is 2.68. The van der Waals surface area contributed by atoms with Crippen LogP contribution in [0.3, 0.4) is 0 Å². The molecule has 6 heteroatoms. The standard InChI is InChI=1S/C20H16N2O4/c1-26-18(24)8-7-13-4-2-5-14(10-13)12-22-16-11-17(23)19-15(20(16)25)6-3-9-21-19/h2-11,22H,12H2,1H3/b8-7+. The maximum Gasteiger partial charge on any atom is 0.330 e. The number of Topliss-reactive ketones (excluding diaryl/α,β-unsaturated/α-hetero) is 1. The monoisotopic (exact) mass is 348 g/mol. The smallest absolute Gasteiger partial charge is 0.330 e. The highest BCUT2D eigenvalue weighted by atomic mass is 16.5. The molecule has 26 heavy (non-hydrogen) atoms.